The highest BCUT2D eigenvalue weighted by Crippen LogP contribution is 2.35. The Balaban J connectivity index is 2.32. The van der Waals surface area contributed by atoms with Gasteiger partial charge in [0, 0.05) is 5.92 Å². The Labute approximate surface area is 66.0 Å². The van der Waals surface area contributed by atoms with Gasteiger partial charge < -0.3 is 0 Å². The van der Waals surface area contributed by atoms with Crippen LogP contribution in [0.15, 0.2) is 0 Å². The lowest BCUT2D eigenvalue weighted by Gasteiger charge is -2.03. The summed E-state index contributed by atoms with van der Waals surface area (Å²) < 4.78 is 0. The van der Waals surface area contributed by atoms with Crippen molar-refractivity contribution in [1.29, 1.82) is 0 Å². The average molecular weight is 156 g/mol. The molecule has 0 heterocycles. The molecule has 1 fully saturated rings. The zero-order chi connectivity index (χ0) is 8.43. The number of amides is 1. The summed E-state index contributed by atoms with van der Waals surface area (Å²) in [5.41, 5.74) is 3.10. The molecule has 0 aliphatic heterocycles. The van der Waals surface area contributed by atoms with Gasteiger partial charge in [-0.2, -0.15) is 0 Å². The molecule has 62 valence electrons. The van der Waals surface area contributed by atoms with E-state index in [-0.39, 0.29) is 11.7 Å². The third-order valence-electron chi connectivity index (χ3n) is 2.11. The number of ketones is 1. The molecule has 1 rings (SSSR count). The molecule has 0 aromatic carbocycles. The van der Waals surface area contributed by atoms with E-state index in [0.717, 1.165) is 6.42 Å². The molecule has 3 N–H and O–H groups in total. The third-order valence-corrected chi connectivity index (χ3v) is 2.11. The van der Waals surface area contributed by atoms with Crippen LogP contribution in [0, 0.1) is 11.8 Å². The second kappa shape index (κ2) is 3.13. The molecular weight excluding hydrogens is 142 g/mol. The Morgan fingerprint density at radius 1 is 1.55 bits per heavy atom. The Morgan fingerprint density at radius 3 is 2.45 bits per heavy atom. The van der Waals surface area contributed by atoms with Gasteiger partial charge in [0.05, 0.1) is 0 Å². The minimum Gasteiger partial charge on any atom is -0.287 e. The van der Waals surface area contributed by atoms with E-state index in [1.165, 1.54) is 12.8 Å². The van der Waals surface area contributed by atoms with Crippen LogP contribution < -0.4 is 5.73 Å². The van der Waals surface area contributed by atoms with Crippen molar-refractivity contribution in [3.05, 3.63) is 0 Å². The van der Waals surface area contributed by atoms with Crippen LogP contribution in [-0.2, 0) is 9.59 Å². The van der Waals surface area contributed by atoms with Crippen LogP contribution in [0.25, 0.3) is 0 Å². The Hall–Kier alpha value is -0.700. The molecule has 0 spiro atoms. The summed E-state index contributed by atoms with van der Waals surface area (Å²) in [6.07, 6.45) is 3.33. The molecular formula is C8H14NO2+. The molecule has 11 heavy (non-hydrogen) atoms. The molecule has 0 radical (unpaired) electrons. The van der Waals surface area contributed by atoms with Crippen molar-refractivity contribution in [2.75, 3.05) is 0 Å². The van der Waals surface area contributed by atoms with Crippen molar-refractivity contribution in [2.45, 2.75) is 26.2 Å². The van der Waals surface area contributed by atoms with E-state index < -0.39 is 5.91 Å². The fourth-order valence-corrected chi connectivity index (χ4v) is 1.24. The molecule has 0 saturated heterocycles. The molecule has 1 aliphatic carbocycles. The number of hydrogen-bond donors (Lipinski definition) is 1. The van der Waals surface area contributed by atoms with E-state index >= 15 is 0 Å². The Kier molecular flexibility index (Phi) is 2.39. The normalized spacial score (nSPS) is 19.5. The number of carbonyl (C=O) groups excluding carboxylic acids is 2. The molecule has 1 saturated carbocycles. The van der Waals surface area contributed by atoms with Crippen molar-refractivity contribution in [3.8, 4) is 0 Å². The maximum Gasteiger partial charge on any atom is 0.377 e. The average Bonchev–Trinajstić information content (AvgIpc) is 2.69. The van der Waals surface area contributed by atoms with E-state index in [1.807, 2.05) is 6.92 Å². The molecule has 1 aliphatic rings. The topological polar surface area (TPSA) is 61.8 Å². The Morgan fingerprint density at radius 2 is 2.09 bits per heavy atom. The molecule has 0 aromatic rings. The number of quaternary nitrogens is 1. The second-order valence-corrected chi connectivity index (χ2v) is 3.37. The van der Waals surface area contributed by atoms with Crippen molar-refractivity contribution >= 4 is 11.7 Å². The summed E-state index contributed by atoms with van der Waals surface area (Å²) >= 11 is 0. The molecule has 3 nitrogen and oxygen atoms in total. The first-order valence-electron chi connectivity index (χ1n) is 4.01. The van der Waals surface area contributed by atoms with Gasteiger partial charge in [-0.15, -0.1) is 0 Å². The standard InChI is InChI=1S/C8H13NO2/c1-5(4-6-2-3-6)7(10)8(9)11/h5-6H,2-4H2,1H3,(H2,9,11)/p+1. The van der Waals surface area contributed by atoms with Crippen LogP contribution in [0.5, 0.6) is 0 Å². The molecule has 1 unspecified atom stereocenters. The van der Waals surface area contributed by atoms with Crippen LogP contribution in [0.4, 0.5) is 0 Å². The summed E-state index contributed by atoms with van der Waals surface area (Å²) in [6, 6.07) is 0. The van der Waals surface area contributed by atoms with Gasteiger partial charge in [-0.25, -0.2) is 4.79 Å². The van der Waals surface area contributed by atoms with Gasteiger partial charge >= 0.3 is 5.91 Å². The first kappa shape index (κ1) is 8.40. The highest BCUT2D eigenvalue weighted by molar-refractivity contribution is 6.32. The van der Waals surface area contributed by atoms with Crippen LogP contribution in [-0.4, -0.2) is 11.7 Å². The molecule has 1 atom stereocenters. The maximum absolute atomic E-state index is 11.0. The van der Waals surface area contributed by atoms with Crippen LogP contribution in [0.3, 0.4) is 0 Å². The van der Waals surface area contributed by atoms with E-state index in [9.17, 15) is 9.59 Å². The summed E-state index contributed by atoms with van der Waals surface area (Å²) in [4.78, 5) is 21.5. The quantitative estimate of drug-likeness (QED) is 0.571. The van der Waals surface area contributed by atoms with E-state index in [2.05, 4.69) is 5.73 Å². The zero-order valence-corrected chi connectivity index (χ0v) is 6.80. The van der Waals surface area contributed by atoms with Crippen molar-refractivity contribution in [2.24, 2.45) is 11.8 Å². The van der Waals surface area contributed by atoms with Crippen LogP contribution in [0.2, 0.25) is 0 Å². The van der Waals surface area contributed by atoms with Crippen LogP contribution in [0.1, 0.15) is 26.2 Å². The summed E-state index contributed by atoms with van der Waals surface area (Å²) in [5, 5.41) is 0. The largest absolute Gasteiger partial charge is 0.377 e. The van der Waals surface area contributed by atoms with Gasteiger partial charge in [0.25, 0.3) is 5.78 Å². The second-order valence-electron chi connectivity index (χ2n) is 3.37. The smallest absolute Gasteiger partial charge is 0.287 e. The fraction of sp³-hybridized carbons (Fsp3) is 0.750. The SMILES string of the molecule is CC(CC1CC1)C(=O)C([NH3+])=O. The first-order valence-corrected chi connectivity index (χ1v) is 4.01. The maximum atomic E-state index is 11.0. The lowest BCUT2D eigenvalue weighted by molar-refractivity contribution is -0.300. The van der Waals surface area contributed by atoms with Crippen LogP contribution >= 0.6 is 0 Å². The number of Topliss-reactive ketones (excluding diaryl/α,β-unsaturated/α-hetero) is 1. The zero-order valence-electron chi connectivity index (χ0n) is 6.80. The van der Waals surface area contributed by atoms with E-state index in [0.29, 0.717) is 5.92 Å². The van der Waals surface area contributed by atoms with Crippen molar-refractivity contribution in [3.63, 3.8) is 0 Å². The summed E-state index contributed by atoms with van der Waals surface area (Å²) in [7, 11) is 0. The monoisotopic (exact) mass is 156 g/mol. The Bertz CT molecular complexity index is 185. The van der Waals surface area contributed by atoms with Gasteiger partial charge in [0.1, 0.15) is 0 Å². The number of hydrogen-bond acceptors (Lipinski definition) is 2. The predicted molar refractivity (Wildman–Crippen MR) is 39.4 cm³/mol. The first-order chi connectivity index (χ1) is 5.11. The molecule has 3 heteroatoms. The van der Waals surface area contributed by atoms with Gasteiger partial charge in [0.15, 0.2) is 0 Å². The molecule has 0 aromatic heterocycles. The lowest BCUT2D eigenvalue weighted by Crippen LogP contribution is -2.61. The van der Waals surface area contributed by atoms with E-state index in [4.69, 9.17) is 0 Å². The van der Waals surface area contributed by atoms with Crippen molar-refractivity contribution in [1.82, 2.24) is 0 Å². The predicted octanol–water partition coefficient (Wildman–Crippen LogP) is -0.240. The van der Waals surface area contributed by atoms with Crippen molar-refractivity contribution < 1.29 is 15.3 Å². The molecule has 1 amide bonds. The highest BCUT2D eigenvalue weighted by atomic mass is 16.2. The van der Waals surface area contributed by atoms with Gasteiger partial charge in [-0.3, -0.25) is 10.5 Å². The minimum absolute atomic E-state index is 0.104. The van der Waals surface area contributed by atoms with Gasteiger partial charge in [0.2, 0.25) is 0 Å². The third kappa shape index (κ3) is 2.42. The highest BCUT2D eigenvalue weighted by Gasteiger charge is 2.29. The lowest BCUT2D eigenvalue weighted by atomic mass is 9.99. The van der Waals surface area contributed by atoms with Gasteiger partial charge in [-0.1, -0.05) is 19.8 Å². The van der Waals surface area contributed by atoms with E-state index in [1.54, 1.807) is 0 Å². The van der Waals surface area contributed by atoms with Gasteiger partial charge in [-0.05, 0) is 12.3 Å². The number of carbonyl (C=O) groups is 2. The minimum atomic E-state index is -0.543. The fourth-order valence-electron chi connectivity index (χ4n) is 1.24. The summed E-state index contributed by atoms with van der Waals surface area (Å²) in [6.45, 7) is 1.81. The molecule has 0 bridgehead atoms. The summed E-state index contributed by atoms with van der Waals surface area (Å²) in [5.74, 6) is -0.254. The number of rotatable bonds is 4.